The van der Waals surface area contributed by atoms with Gasteiger partial charge < -0.3 is 9.47 Å². The summed E-state index contributed by atoms with van der Waals surface area (Å²) in [5, 5.41) is 15.4. The predicted octanol–water partition coefficient (Wildman–Crippen LogP) is 1.94. The van der Waals surface area contributed by atoms with Crippen LogP contribution in [0.4, 0.5) is 4.39 Å². The first kappa shape index (κ1) is 18.5. The Hall–Kier alpha value is -3.25. The highest BCUT2D eigenvalue weighted by molar-refractivity contribution is 6.32. The van der Waals surface area contributed by atoms with Crippen molar-refractivity contribution in [2.45, 2.75) is 6.61 Å². The van der Waals surface area contributed by atoms with Crippen LogP contribution >= 0.6 is 11.6 Å². The minimum Gasteiger partial charge on any atom is -0.482 e. The molecule has 0 atom stereocenters. The Morgan fingerprint density at radius 3 is 2.85 bits per heavy atom. The van der Waals surface area contributed by atoms with Gasteiger partial charge in [0.25, 0.3) is 0 Å². The molecule has 0 aliphatic rings. The van der Waals surface area contributed by atoms with E-state index in [1.807, 2.05) is 6.07 Å². The lowest BCUT2D eigenvalue weighted by molar-refractivity contribution is 0.274. The molecule has 2 aromatic carbocycles. The highest BCUT2D eigenvalue weighted by Crippen LogP contribution is 2.35. The van der Waals surface area contributed by atoms with Crippen LogP contribution in [0.15, 0.2) is 35.1 Å². The van der Waals surface area contributed by atoms with E-state index in [2.05, 4.69) is 10.2 Å². The van der Waals surface area contributed by atoms with Crippen LogP contribution in [-0.2, 0) is 13.7 Å². The number of nitriles is 1. The van der Waals surface area contributed by atoms with Gasteiger partial charge in [-0.15, -0.1) is 0 Å². The molecule has 2 radical (unpaired) electrons. The molecule has 27 heavy (non-hydrogen) atoms. The fourth-order valence-electron chi connectivity index (χ4n) is 2.22. The third kappa shape index (κ3) is 3.96. The third-order valence-electron chi connectivity index (χ3n) is 3.64. The Bertz CT molecular complexity index is 1110. The SMILES string of the molecule is [B]c1ccc(OCc2n[nH]c(=O)n2C)c(Oc2cc(Cl)cc(C#N)c2)c1F. The summed E-state index contributed by atoms with van der Waals surface area (Å²) in [6, 6.07) is 8.94. The van der Waals surface area contributed by atoms with E-state index >= 15 is 0 Å². The predicted molar refractivity (Wildman–Crippen MR) is 96.2 cm³/mol. The molecule has 1 aromatic heterocycles. The highest BCUT2D eigenvalue weighted by Gasteiger charge is 2.17. The number of rotatable bonds is 5. The molecular weight excluding hydrogens is 373 g/mol. The molecule has 0 fully saturated rings. The van der Waals surface area contributed by atoms with Crippen LogP contribution in [-0.4, -0.2) is 22.6 Å². The van der Waals surface area contributed by atoms with Crippen molar-refractivity contribution in [3.63, 3.8) is 0 Å². The molecule has 0 bridgehead atoms. The summed E-state index contributed by atoms with van der Waals surface area (Å²) in [7, 11) is 7.13. The summed E-state index contributed by atoms with van der Waals surface area (Å²) >= 11 is 5.94. The molecule has 0 unspecified atom stereocenters. The Morgan fingerprint density at radius 2 is 2.19 bits per heavy atom. The van der Waals surface area contributed by atoms with Gasteiger partial charge in [0.15, 0.2) is 17.4 Å². The van der Waals surface area contributed by atoms with E-state index in [0.29, 0.717) is 5.82 Å². The van der Waals surface area contributed by atoms with Crippen LogP contribution in [0, 0.1) is 17.1 Å². The van der Waals surface area contributed by atoms with E-state index in [4.69, 9.17) is 34.2 Å². The average molecular weight is 385 g/mol. The number of hydrogen-bond acceptors (Lipinski definition) is 5. The second-order valence-corrected chi connectivity index (χ2v) is 5.91. The normalized spacial score (nSPS) is 10.4. The number of benzene rings is 2. The lowest BCUT2D eigenvalue weighted by Gasteiger charge is -2.15. The number of aromatic amines is 1. The average Bonchev–Trinajstić information content (AvgIpc) is 2.96. The zero-order valence-electron chi connectivity index (χ0n) is 14.0. The number of ether oxygens (including phenoxy) is 2. The molecule has 10 heteroatoms. The summed E-state index contributed by atoms with van der Waals surface area (Å²) in [6.45, 7) is -0.117. The zero-order chi connectivity index (χ0) is 19.6. The second kappa shape index (κ2) is 7.56. The Labute approximate surface area is 159 Å². The van der Waals surface area contributed by atoms with Crippen molar-refractivity contribution in [1.29, 1.82) is 5.26 Å². The van der Waals surface area contributed by atoms with Gasteiger partial charge >= 0.3 is 5.69 Å². The van der Waals surface area contributed by atoms with Gasteiger partial charge in [-0.2, -0.15) is 10.4 Å². The van der Waals surface area contributed by atoms with E-state index in [1.165, 1.54) is 41.9 Å². The third-order valence-corrected chi connectivity index (χ3v) is 3.86. The van der Waals surface area contributed by atoms with Crippen LogP contribution < -0.4 is 20.6 Å². The van der Waals surface area contributed by atoms with Crippen LogP contribution in [0.1, 0.15) is 11.4 Å². The van der Waals surface area contributed by atoms with Crippen LogP contribution in [0.3, 0.4) is 0 Å². The summed E-state index contributed by atoms with van der Waals surface area (Å²) in [5.41, 5.74) is -0.306. The van der Waals surface area contributed by atoms with Crippen LogP contribution in [0.25, 0.3) is 0 Å². The fraction of sp³-hybridized carbons (Fsp3) is 0.118. The molecule has 0 saturated heterocycles. The van der Waals surface area contributed by atoms with Gasteiger partial charge in [-0.05, 0) is 24.3 Å². The second-order valence-electron chi connectivity index (χ2n) is 5.48. The monoisotopic (exact) mass is 384 g/mol. The lowest BCUT2D eigenvalue weighted by Crippen LogP contribution is -2.16. The maximum Gasteiger partial charge on any atom is 0.343 e. The quantitative estimate of drug-likeness (QED) is 0.679. The van der Waals surface area contributed by atoms with E-state index in [-0.39, 0.29) is 39.9 Å². The van der Waals surface area contributed by atoms with Gasteiger partial charge in [-0.25, -0.2) is 14.3 Å². The summed E-state index contributed by atoms with van der Waals surface area (Å²) in [5.74, 6) is -0.627. The Morgan fingerprint density at radius 1 is 1.41 bits per heavy atom. The van der Waals surface area contributed by atoms with Gasteiger partial charge in [-0.3, -0.25) is 4.57 Å². The molecule has 0 spiro atoms. The van der Waals surface area contributed by atoms with Crippen molar-refractivity contribution in [3.8, 4) is 23.3 Å². The highest BCUT2D eigenvalue weighted by atomic mass is 35.5. The first-order valence-corrected chi connectivity index (χ1v) is 7.96. The molecule has 3 aromatic rings. The van der Waals surface area contributed by atoms with Crippen molar-refractivity contribution in [2.24, 2.45) is 7.05 Å². The van der Waals surface area contributed by atoms with Gasteiger partial charge in [0.2, 0.25) is 5.75 Å². The summed E-state index contributed by atoms with van der Waals surface area (Å²) in [6.07, 6.45) is 0. The largest absolute Gasteiger partial charge is 0.482 e. The van der Waals surface area contributed by atoms with Gasteiger partial charge in [0.05, 0.1) is 11.6 Å². The molecule has 0 saturated carbocycles. The molecule has 3 rings (SSSR count). The first-order valence-electron chi connectivity index (χ1n) is 7.58. The minimum atomic E-state index is -0.832. The van der Waals surface area contributed by atoms with Crippen LogP contribution in [0.5, 0.6) is 17.2 Å². The number of H-pyrrole nitrogens is 1. The Kier molecular flexibility index (Phi) is 5.19. The van der Waals surface area contributed by atoms with Crippen molar-refractivity contribution >= 4 is 24.9 Å². The van der Waals surface area contributed by atoms with Crippen LogP contribution in [0.2, 0.25) is 5.02 Å². The van der Waals surface area contributed by atoms with Crippen molar-refractivity contribution in [1.82, 2.24) is 14.8 Å². The van der Waals surface area contributed by atoms with Gasteiger partial charge in [-0.1, -0.05) is 23.1 Å². The molecule has 1 heterocycles. The summed E-state index contributed by atoms with van der Waals surface area (Å²) < 4.78 is 26.9. The van der Waals surface area contributed by atoms with Crippen molar-refractivity contribution in [2.75, 3.05) is 0 Å². The number of nitrogens with zero attached hydrogens (tertiary/aromatic N) is 3. The van der Waals surface area contributed by atoms with E-state index in [1.54, 1.807) is 0 Å². The molecule has 1 N–H and O–H groups in total. The van der Waals surface area contributed by atoms with Gasteiger partial charge in [0.1, 0.15) is 20.2 Å². The fourth-order valence-corrected chi connectivity index (χ4v) is 2.44. The number of hydrogen-bond donors (Lipinski definition) is 1. The van der Waals surface area contributed by atoms with E-state index in [0.717, 1.165) is 0 Å². The zero-order valence-corrected chi connectivity index (χ0v) is 14.7. The maximum atomic E-state index is 14.5. The van der Waals surface area contributed by atoms with Crippen molar-refractivity contribution < 1.29 is 13.9 Å². The minimum absolute atomic E-state index is 0.0376. The molecule has 0 aliphatic heterocycles. The number of aromatic nitrogens is 3. The molecule has 7 nitrogen and oxygen atoms in total. The number of halogens is 2. The van der Waals surface area contributed by atoms with Gasteiger partial charge in [0, 0.05) is 12.1 Å². The Balaban J connectivity index is 1.93. The topological polar surface area (TPSA) is 92.9 Å². The number of nitrogens with one attached hydrogen (secondary N) is 1. The first-order chi connectivity index (χ1) is 12.9. The molecular formula is C17H11BClFN4O3. The lowest BCUT2D eigenvalue weighted by atomic mass is 9.95. The van der Waals surface area contributed by atoms with E-state index < -0.39 is 11.5 Å². The maximum absolute atomic E-state index is 14.5. The molecule has 0 amide bonds. The smallest absolute Gasteiger partial charge is 0.343 e. The standard InChI is InChI=1S/C17H11BClFN4O3/c1-24-14(22-23-17(24)25)8-26-13-3-2-12(18)15(20)16(13)27-11-5-9(7-21)4-10(19)6-11/h2-6H,8H2,1H3,(H,23,25). The molecule has 0 aliphatic carbocycles. The molecule has 134 valence electrons. The van der Waals surface area contributed by atoms with E-state index in [9.17, 15) is 9.18 Å². The summed E-state index contributed by atoms with van der Waals surface area (Å²) in [4.78, 5) is 11.4. The van der Waals surface area contributed by atoms with Crippen molar-refractivity contribution in [3.05, 3.63) is 63.0 Å².